The van der Waals surface area contributed by atoms with Gasteiger partial charge in [-0.3, -0.25) is 9.69 Å². The maximum atomic E-state index is 11.3. The number of carbonyl (C=O) groups excluding carboxylic acids is 1. The van der Waals surface area contributed by atoms with Gasteiger partial charge in [-0.2, -0.15) is 0 Å². The Labute approximate surface area is 253 Å². The number of ether oxygens (including phenoxy) is 1. The number of likely N-dealkylation sites (tertiary alicyclic amines) is 1. The second-order valence-electron chi connectivity index (χ2n) is 12.6. The van der Waals surface area contributed by atoms with E-state index in [-0.39, 0.29) is 12.4 Å². The fraction of sp³-hybridized carbons (Fsp3) is 0.447. The number of ketones is 1. The molecule has 4 heteroatoms. The number of allylic oxidation sites excluding steroid dienone is 5. The topological polar surface area (TPSA) is 49.8 Å². The van der Waals surface area contributed by atoms with Crippen LogP contribution in [-0.2, 0) is 9.53 Å². The normalized spacial score (nSPS) is 20.1. The molecule has 1 spiro atoms. The number of hydrogen-bond acceptors (Lipinski definition) is 4. The van der Waals surface area contributed by atoms with Crippen LogP contribution in [0.5, 0.6) is 0 Å². The molecule has 1 atom stereocenters. The van der Waals surface area contributed by atoms with Crippen LogP contribution in [0, 0.1) is 18.3 Å². The summed E-state index contributed by atoms with van der Waals surface area (Å²) in [5, 5.41) is 9.13. The molecule has 42 heavy (non-hydrogen) atoms. The lowest BCUT2D eigenvalue weighted by Gasteiger charge is -2.57. The Morgan fingerprint density at radius 3 is 2.19 bits per heavy atom. The van der Waals surface area contributed by atoms with E-state index in [4.69, 9.17) is 9.84 Å². The highest BCUT2D eigenvalue weighted by Crippen LogP contribution is 2.54. The summed E-state index contributed by atoms with van der Waals surface area (Å²) in [6.45, 7) is 18.8. The molecule has 224 valence electrons. The maximum absolute atomic E-state index is 11.3. The van der Waals surface area contributed by atoms with Crippen molar-refractivity contribution in [1.29, 1.82) is 0 Å². The lowest BCUT2D eigenvalue weighted by atomic mass is 9.59. The maximum Gasteiger partial charge on any atom is 0.159 e. The third kappa shape index (κ3) is 7.66. The zero-order valence-electron chi connectivity index (χ0n) is 26.3. The van der Waals surface area contributed by atoms with E-state index in [0.717, 1.165) is 50.4 Å². The van der Waals surface area contributed by atoms with Crippen LogP contribution < -0.4 is 0 Å². The monoisotopic (exact) mass is 567 g/mol. The highest BCUT2D eigenvalue weighted by atomic mass is 16.5. The van der Waals surface area contributed by atoms with Gasteiger partial charge in [0, 0.05) is 43.1 Å². The molecule has 2 aromatic carbocycles. The van der Waals surface area contributed by atoms with Gasteiger partial charge in [0.2, 0.25) is 0 Å². The zero-order valence-corrected chi connectivity index (χ0v) is 26.3. The summed E-state index contributed by atoms with van der Waals surface area (Å²) >= 11 is 0. The smallest absolute Gasteiger partial charge is 0.159 e. The Balaban J connectivity index is 0.000000230. The predicted octanol–water partition coefficient (Wildman–Crippen LogP) is 7.68. The lowest BCUT2D eigenvalue weighted by Crippen LogP contribution is -2.60. The number of aryl methyl sites for hydroxylation is 1. The van der Waals surface area contributed by atoms with Gasteiger partial charge in [-0.15, -0.1) is 0 Å². The first-order valence-electron chi connectivity index (χ1n) is 15.5. The first-order chi connectivity index (χ1) is 20.2. The standard InChI is InChI=1S/C25H31NO.C13H18O2/c1-18(2)20-8-10-22(11-9-20)24(21-6-4-19(3)5-7-21)23-14-25(15-23)16-26(17-25)12-13-27;1-4-11(10(3)14)8-12(5-2)13-6-7-15-9-13/h4-11,18,27H,12-17H2,1-3H3;4-5,8,13H,2,6-7,9H2,1,3H3/b;11-4+,12-8+. The van der Waals surface area contributed by atoms with Crippen LogP contribution in [0.1, 0.15) is 75.1 Å². The van der Waals surface area contributed by atoms with Crippen LogP contribution in [-0.4, -0.2) is 55.2 Å². The summed E-state index contributed by atoms with van der Waals surface area (Å²) in [6, 6.07) is 18.2. The molecule has 3 aliphatic rings. The van der Waals surface area contributed by atoms with E-state index in [1.807, 2.05) is 25.2 Å². The van der Waals surface area contributed by atoms with Crippen molar-refractivity contribution in [3.05, 3.63) is 112 Å². The number of Topliss-reactive ketones (excluding diaryl/α,β-unsaturated/α-hetero) is 1. The van der Waals surface area contributed by atoms with E-state index >= 15 is 0 Å². The summed E-state index contributed by atoms with van der Waals surface area (Å²) in [5.74, 6) is 1.06. The lowest BCUT2D eigenvalue weighted by molar-refractivity contribution is -0.113. The first kappa shape index (κ1) is 31.9. The highest BCUT2D eigenvalue weighted by molar-refractivity contribution is 5.96. The Hall–Kier alpha value is -3.05. The average molecular weight is 568 g/mol. The van der Waals surface area contributed by atoms with Crippen LogP contribution in [0.2, 0.25) is 0 Å². The van der Waals surface area contributed by atoms with Crippen molar-refractivity contribution < 1.29 is 14.6 Å². The van der Waals surface area contributed by atoms with Gasteiger partial charge in [-0.1, -0.05) is 92.2 Å². The Morgan fingerprint density at radius 1 is 1.10 bits per heavy atom. The molecule has 0 amide bonds. The summed E-state index contributed by atoms with van der Waals surface area (Å²) in [7, 11) is 0. The summed E-state index contributed by atoms with van der Waals surface area (Å²) < 4.78 is 5.32. The van der Waals surface area contributed by atoms with Gasteiger partial charge in [-0.25, -0.2) is 0 Å². The van der Waals surface area contributed by atoms with Crippen molar-refractivity contribution in [1.82, 2.24) is 4.90 Å². The van der Waals surface area contributed by atoms with Crippen molar-refractivity contribution in [2.24, 2.45) is 11.3 Å². The molecule has 2 aromatic rings. The number of aliphatic hydroxyl groups excluding tert-OH is 1. The van der Waals surface area contributed by atoms with Gasteiger partial charge in [0.15, 0.2) is 5.78 Å². The zero-order chi connectivity index (χ0) is 30.3. The minimum Gasteiger partial charge on any atom is -0.395 e. The molecule has 4 nitrogen and oxygen atoms in total. The largest absolute Gasteiger partial charge is 0.395 e. The minimum absolute atomic E-state index is 0.0933. The molecular weight excluding hydrogens is 518 g/mol. The molecule has 1 saturated carbocycles. The van der Waals surface area contributed by atoms with Gasteiger partial charge in [-0.05, 0) is 79.9 Å². The summed E-state index contributed by atoms with van der Waals surface area (Å²) in [6.07, 6.45) is 9.00. The number of carbonyl (C=O) groups is 1. The van der Waals surface area contributed by atoms with Crippen molar-refractivity contribution in [2.75, 3.05) is 39.5 Å². The Bertz CT molecular complexity index is 1310. The summed E-state index contributed by atoms with van der Waals surface area (Å²) in [5.41, 5.74) is 10.8. The van der Waals surface area contributed by atoms with Crippen molar-refractivity contribution >= 4 is 11.4 Å². The SMILES string of the molecule is C=C/C(=C\C(=C/C)C(C)=O)C1CCOC1.Cc1ccc(C(=C2CC3(C2)CN(CCO)C3)c2ccc(C(C)C)cc2)cc1. The number of aliphatic hydroxyl groups is 1. The Morgan fingerprint density at radius 2 is 1.71 bits per heavy atom. The van der Waals surface area contributed by atoms with Crippen molar-refractivity contribution in [3.63, 3.8) is 0 Å². The third-order valence-electron chi connectivity index (χ3n) is 8.95. The molecule has 0 aromatic heterocycles. The predicted molar refractivity (Wildman–Crippen MR) is 175 cm³/mol. The van der Waals surface area contributed by atoms with E-state index in [1.165, 1.54) is 40.7 Å². The van der Waals surface area contributed by atoms with Gasteiger partial charge < -0.3 is 9.84 Å². The second-order valence-corrected chi connectivity index (χ2v) is 12.6. The fourth-order valence-corrected chi connectivity index (χ4v) is 6.49. The molecule has 0 radical (unpaired) electrons. The van der Waals surface area contributed by atoms with Crippen LogP contribution >= 0.6 is 0 Å². The molecule has 3 fully saturated rings. The fourth-order valence-electron chi connectivity index (χ4n) is 6.49. The number of nitrogens with zero attached hydrogens (tertiary/aromatic N) is 1. The molecule has 1 N–H and O–H groups in total. The minimum atomic E-state index is 0.0933. The molecule has 5 rings (SSSR count). The van der Waals surface area contributed by atoms with E-state index in [2.05, 4.69) is 80.8 Å². The quantitative estimate of drug-likeness (QED) is 0.249. The van der Waals surface area contributed by atoms with Crippen LogP contribution in [0.15, 0.2) is 90.1 Å². The average Bonchev–Trinajstić information content (AvgIpc) is 3.47. The van der Waals surface area contributed by atoms with Crippen LogP contribution in [0.4, 0.5) is 0 Å². The number of rotatable bonds is 9. The van der Waals surface area contributed by atoms with E-state index in [9.17, 15) is 4.79 Å². The molecule has 2 aliphatic heterocycles. The van der Waals surface area contributed by atoms with Crippen molar-refractivity contribution in [2.45, 2.75) is 59.8 Å². The van der Waals surface area contributed by atoms with E-state index in [0.29, 0.717) is 17.3 Å². The van der Waals surface area contributed by atoms with Crippen LogP contribution in [0.25, 0.3) is 5.57 Å². The van der Waals surface area contributed by atoms with Crippen molar-refractivity contribution in [3.8, 4) is 0 Å². The number of hydrogen-bond donors (Lipinski definition) is 1. The van der Waals surface area contributed by atoms with Gasteiger partial charge in [0.05, 0.1) is 13.2 Å². The van der Waals surface area contributed by atoms with E-state index in [1.54, 1.807) is 12.5 Å². The number of β-amino-alcohol motifs (C(OH)–C–C–N with tert-alkyl or cyclic N) is 1. The third-order valence-corrected chi connectivity index (χ3v) is 8.95. The highest BCUT2D eigenvalue weighted by Gasteiger charge is 2.50. The number of benzene rings is 2. The van der Waals surface area contributed by atoms with Gasteiger partial charge in [0.1, 0.15) is 0 Å². The van der Waals surface area contributed by atoms with Gasteiger partial charge in [0.25, 0.3) is 0 Å². The molecule has 2 heterocycles. The molecule has 2 saturated heterocycles. The molecule has 1 aliphatic carbocycles. The molecule has 0 bridgehead atoms. The molecule has 1 unspecified atom stereocenters. The first-order valence-corrected chi connectivity index (χ1v) is 15.5. The Kier molecular flexibility index (Phi) is 10.9. The summed E-state index contributed by atoms with van der Waals surface area (Å²) in [4.78, 5) is 13.6. The van der Waals surface area contributed by atoms with E-state index < -0.39 is 0 Å². The molecular formula is C38H49NO3. The van der Waals surface area contributed by atoms with Crippen LogP contribution in [0.3, 0.4) is 0 Å². The van der Waals surface area contributed by atoms with Gasteiger partial charge >= 0.3 is 0 Å². The second kappa shape index (κ2) is 14.4.